The van der Waals surface area contributed by atoms with Gasteiger partial charge in [-0.25, -0.2) is 9.97 Å². The predicted octanol–water partition coefficient (Wildman–Crippen LogP) is 4.56. The van der Waals surface area contributed by atoms with Crippen molar-refractivity contribution in [2.24, 2.45) is 0 Å². The van der Waals surface area contributed by atoms with Crippen molar-refractivity contribution in [1.29, 1.82) is 0 Å². The number of aromatic nitrogens is 2. The first-order valence-corrected chi connectivity index (χ1v) is 10.2. The van der Waals surface area contributed by atoms with Gasteiger partial charge < -0.3 is 14.8 Å². The lowest BCUT2D eigenvalue weighted by Crippen LogP contribution is -2.28. The summed E-state index contributed by atoms with van der Waals surface area (Å²) in [6, 6.07) is 15.2. The molecule has 0 fully saturated rings. The summed E-state index contributed by atoms with van der Waals surface area (Å²) in [6.45, 7) is 3.91. The molecule has 3 aromatic rings. The fourth-order valence-electron chi connectivity index (χ4n) is 2.65. The summed E-state index contributed by atoms with van der Waals surface area (Å²) in [6.07, 6.45) is 3.16. The van der Waals surface area contributed by atoms with E-state index in [-0.39, 0.29) is 17.7 Å². The maximum Gasteiger partial charge on any atom is 0.252 e. The molecule has 29 heavy (non-hydrogen) atoms. The summed E-state index contributed by atoms with van der Waals surface area (Å²) in [7, 11) is 1.63. The molecule has 0 aliphatic rings. The number of para-hydroxylation sites is 1. The average molecular weight is 410 g/mol. The molecule has 0 saturated carbocycles. The van der Waals surface area contributed by atoms with Crippen LogP contribution in [0.3, 0.4) is 0 Å². The predicted molar refractivity (Wildman–Crippen MR) is 114 cm³/mol. The minimum absolute atomic E-state index is 0.0918. The molecule has 6 nitrogen and oxygen atoms in total. The third-order valence-electron chi connectivity index (χ3n) is 4.27. The van der Waals surface area contributed by atoms with Crippen molar-refractivity contribution in [2.75, 3.05) is 12.9 Å². The Morgan fingerprint density at radius 1 is 1.10 bits per heavy atom. The topological polar surface area (TPSA) is 73.3 Å². The number of nitrogens with zero attached hydrogens (tertiary/aromatic N) is 2. The Hall–Kier alpha value is -3.06. The van der Waals surface area contributed by atoms with E-state index in [0.717, 1.165) is 16.9 Å². The molecule has 150 valence electrons. The number of carbonyl (C=O) groups excluding carboxylic acids is 1. The summed E-state index contributed by atoms with van der Waals surface area (Å²) >= 11 is 1.29. The van der Waals surface area contributed by atoms with Crippen LogP contribution < -0.4 is 14.8 Å². The Balaban J connectivity index is 1.59. The molecule has 1 atom stereocenters. The summed E-state index contributed by atoms with van der Waals surface area (Å²) in [5, 5.41) is 3.56. The molecule has 0 unspecified atom stereocenters. The van der Waals surface area contributed by atoms with E-state index in [9.17, 15) is 4.79 Å². The van der Waals surface area contributed by atoms with E-state index in [4.69, 9.17) is 9.47 Å². The van der Waals surface area contributed by atoms with Crippen molar-refractivity contribution in [2.45, 2.75) is 24.9 Å². The van der Waals surface area contributed by atoms with E-state index in [2.05, 4.69) is 15.3 Å². The van der Waals surface area contributed by atoms with Gasteiger partial charge in [0.2, 0.25) is 5.91 Å². The second kappa shape index (κ2) is 9.93. The second-order valence-corrected chi connectivity index (χ2v) is 7.35. The minimum atomic E-state index is -0.112. The Morgan fingerprint density at radius 2 is 1.83 bits per heavy atom. The molecule has 1 heterocycles. The van der Waals surface area contributed by atoms with Crippen LogP contribution >= 0.6 is 11.8 Å². The Morgan fingerprint density at radius 3 is 2.55 bits per heavy atom. The lowest BCUT2D eigenvalue weighted by atomic mass is 10.1. The van der Waals surface area contributed by atoms with Gasteiger partial charge >= 0.3 is 0 Å². The number of ether oxygens (including phenoxy) is 2. The number of hydrogen-bond donors (Lipinski definition) is 1. The monoisotopic (exact) mass is 409 g/mol. The summed E-state index contributed by atoms with van der Waals surface area (Å²) in [4.78, 5) is 21.0. The van der Waals surface area contributed by atoms with E-state index >= 15 is 0 Å². The number of aryl methyl sites for hydroxylation is 1. The maximum absolute atomic E-state index is 12.4. The molecule has 7 heteroatoms. The van der Waals surface area contributed by atoms with Crippen molar-refractivity contribution >= 4 is 17.7 Å². The molecular weight excluding hydrogens is 386 g/mol. The minimum Gasteiger partial charge on any atom is -0.497 e. The van der Waals surface area contributed by atoms with Crippen LogP contribution in [0, 0.1) is 6.92 Å². The summed E-state index contributed by atoms with van der Waals surface area (Å²) < 4.78 is 11.1. The van der Waals surface area contributed by atoms with Crippen molar-refractivity contribution in [3.8, 4) is 17.4 Å². The number of rotatable bonds is 8. The molecule has 2 aromatic carbocycles. The van der Waals surface area contributed by atoms with Crippen LogP contribution in [0.25, 0.3) is 0 Å². The molecule has 0 aliphatic heterocycles. The lowest BCUT2D eigenvalue weighted by Gasteiger charge is -2.15. The third-order valence-corrected chi connectivity index (χ3v) is 5.23. The van der Waals surface area contributed by atoms with Crippen molar-refractivity contribution in [3.63, 3.8) is 0 Å². The zero-order chi connectivity index (χ0) is 20.6. The second-order valence-electron chi connectivity index (χ2n) is 6.39. The highest BCUT2D eigenvalue weighted by molar-refractivity contribution is 8.00. The molecule has 1 N–H and O–H groups in total. The Labute approximate surface area is 174 Å². The molecule has 0 bridgehead atoms. The molecule has 3 rings (SSSR count). The van der Waals surface area contributed by atoms with Gasteiger partial charge in [0.25, 0.3) is 5.88 Å². The van der Waals surface area contributed by atoms with Gasteiger partial charge in [0.15, 0.2) is 5.03 Å². The number of benzene rings is 2. The average Bonchev–Trinajstić information content (AvgIpc) is 2.74. The normalized spacial score (nSPS) is 11.6. The van der Waals surface area contributed by atoms with Crippen molar-refractivity contribution in [3.05, 3.63) is 72.1 Å². The molecule has 0 aliphatic carbocycles. The van der Waals surface area contributed by atoms with Gasteiger partial charge in [-0.15, -0.1) is 0 Å². The zero-order valence-electron chi connectivity index (χ0n) is 16.6. The van der Waals surface area contributed by atoms with E-state index < -0.39 is 0 Å². The zero-order valence-corrected chi connectivity index (χ0v) is 17.4. The molecule has 0 radical (unpaired) electrons. The molecule has 0 saturated heterocycles. The van der Waals surface area contributed by atoms with Gasteiger partial charge in [-0.3, -0.25) is 4.79 Å². The van der Waals surface area contributed by atoms with Crippen molar-refractivity contribution < 1.29 is 14.3 Å². The SMILES string of the molecule is COc1ccc([C@@H](C)NC(=O)CSc2nccnc2Oc2ccccc2C)cc1. The Kier molecular flexibility index (Phi) is 7.08. The highest BCUT2D eigenvalue weighted by Crippen LogP contribution is 2.30. The number of amides is 1. The van der Waals surface area contributed by atoms with Gasteiger partial charge in [0.05, 0.1) is 18.9 Å². The van der Waals surface area contributed by atoms with E-state index in [1.165, 1.54) is 11.8 Å². The maximum atomic E-state index is 12.4. The molecule has 1 aromatic heterocycles. The number of carbonyl (C=O) groups is 1. The quantitative estimate of drug-likeness (QED) is 0.550. The third kappa shape index (κ3) is 5.71. The smallest absolute Gasteiger partial charge is 0.252 e. The van der Waals surface area contributed by atoms with Crippen LogP contribution in [0.2, 0.25) is 0 Å². The fourth-order valence-corrected chi connectivity index (χ4v) is 3.35. The first kappa shape index (κ1) is 20.7. The number of methoxy groups -OCH3 is 1. The lowest BCUT2D eigenvalue weighted by molar-refractivity contribution is -0.119. The summed E-state index contributed by atoms with van der Waals surface area (Å²) in [5.74, 6) is 2.01. The van der Waals surface area contributed by atoms with Gasteiger partial charge in [-0.1, -0.05) is 42.1 Å². The highest BCUT2D eigenvalue weighted by atomic mass is 32.2. The standard InChI is InChI=1S/C22H23N3O3S/c1-15-6-4-5-7-19(15)28-21-22(24-13-12-23-21)29-14-20(26)25-16(2)17-8-10-18(27-3)11-9-17/h4-13,16H,14H2,1-3H3,(H,25,26)/t16-/m1/s1. The van der Waals surface area contributed by atoms with Gasteiger partial charge in [-0.2, -0.15) is 0 Å². The van der Waals surface area contributed by atoms with Crippen LogP contribution in [0.1, 0.15) is 24.1 Å². The largest absolute Gasteiger partial charge is 0.497 e. The van der Waals surface area contributed by atoms with Gasteiger partial charge in [0.1, 0.15) is 11.5 Å². The van der Waals surface area contributed by atoms with Crippen LogP contribution in [0.5, 0.6) is 17.4 Å². The molecular formula is C22H23N3O3S. The van der Waals surface area contributed by atoms with Gasteiger partial charge in [-0.05, 0) is 43.2 Å². The van der Waals surface area contributed by atoms with E-state index in [1.54, 1.807) is 19.5 Å². The number of hydrogen-bond acceptors (Lipinski definition) is 6. The molecule has 0 spiro atoms. The Bertz CT molecular complexity index is 964. The van der Waals surface area contributed by atoms with E-state index in [0.29, 0.717) is 16.7 Å². The fraction of sp³-hybridized carbons (Fsp3) is 0.227. The first-order chi connectivity index (χ1) is 14.1. The van der Waals surface area contributed by atoms with Crippen LogP contribution in [0.15, 0.2) is 66.0 Å². The highest BCUT2D eigenvalue weighted by Gasteiger charge is 2.14. The molecule has 1 amide bonds. The van der Waals surface area contributed by atoms with Crippen LogP contribution in [-0.2, 0) is 4.79 Å². The number of thioether (sulfide) groups is 1. The van der Waals surface area contributed by atoms with Crippen LogP contribution in [0.4, 0.5) is 0 Å². The van der Waals surface area contributed by atoms with Crippen LogP contribution in [-0.4, -0.2) is 28.7 Å². The first-order valence-electron chi connectivity index (χ1n) is 9.17. The van der Waals surface area contributed by atoms with Gasteiger partial charge in [0, 0.05) is 12.4 Å². The number of nitrogens with one attached hydrogen (secondary N) is 1. The van der Waals surface area contributed by atoms with E-state index in [1.807, 2.05) is 62.4 Å². The summed E-state index contributed by atoms with van der Waals surface area (Å²) in [5.41, 5.74) is 2.01. The van der Waals surface area contributed by atoms with Crippen molar-refractivity contribution in [1.82, 2.24) is 15.3 Å².